The fraction of sp³-hybridized carbons (Fsp3) is 0.0750. The predicted molar refractivity (Wildman–Crippen MR) is 179 cm³/mol. The first-order valence-electron chi connectivity index (χ1n) is 15.3. The molecule has 224 valence electrons. The Hall–Kier alpha value is -6.75. The topological polar surface area (TPSA) is 135 Å². The van der Waals surface area contributed by atoms with E-state index in [1.165, 1.54) is 0 Å². The summed E-state index contributed by atoms with van der Waals surface area (Å²) in [5, 5.41) is 28.2. The van der Waals surface area contributed by atoms with Crippen molar-refractivity contribution in [1.29, 1.82) is 15.8 Å². The lowest BCUT2D eigenvalue weighted by molar-refractivity contribution is 0.834. The molecule has 0 aliphatic carbocycles. The maximum Gasteiger partial charge on any atom is 0.0991 e. The van der Waals surface area contributed by atoms with Gasteiger partial charge in [-0.25, -0.2) is 0 Å². The number of aromatic nitrogens is 4. The smallest absolute Gasteiger partial charge is 0.0991 e. The number of hydrogen-bond acceptors (Lipinski definition) is 3. The molecule has 0 aliphatic rings. The molecule has 0 fully saturated rings. The van der Waals surface area contributed by atoms with E-state index in [1.54, 1.807) is 0 Å². The maximum atomic E-state index is 9.49. The molecule has 4 heterocycles. The third kappa shape index (κ3) is 5.76. The minimum Gasteiger partial charge on any atom is -0.364 e. The molecule has 0 amide bonds. The van der Waals surface area contributed by atoms with E-state index >= 15 is 0 Å². The number of nitrogens with one attached hydrogen (secondary N) is 4. The van der Waals surface area contributed by atoms with E-state index in [0.717, 1.165) is 50.9 Å². The standard InChI is InChI=1S/C40H29N7/c41-23-26-5-11-29(12-6-26)38(32-3-1-21-44-32)34-17-19-36(46-34)40(31-15-9-28(25-43)10-16-31)37-20-18-35(47-37)39(33-4-2-22-45-33)30-13-7-27(24-42)8-14-30/h1-22,38-40,44-47H. The minimum absolute atomic E-state index is 0.0963. The molecule has 0 spiro atoms. The fourth-order valence-electron chi connectivity index (χ4n) is 6.41. The van der Waals surface area contributed by atoms with Crippen molar-refractivity contribution in [1.82, 2.24) is 19.9 Å². The molecule has 2 atom stereocenters. The number of H-pyrrole nitrogens is 4. The second-order valence-corrected chi connectivity index (χ2v) is 11.5. The second kappa shape index (κ2) is 12.7. The van der Waals surface area contributed by atoms with Crippen LogP contribution in [0.5, 0.6) is 0 Å². The summed E-state index contributed by atoms with van der Waals surface area (Å²) in [6.45, 7) is 0. The van der Waals surface area contributed by atoms with Gasteiger partial charge >= 0.3 is 0 Å². The van der Waals surface area contributed by atoms with Gasteiger partial charge in [0.15, 0.2) is 0 Å². The molecule has 4 N–H and O–H groups in total. The Labute approximate surface area is 272 Å². The molecule has 0 radical (unpaired) electrons. The van der Waals surface area contributed by atoms with E-state index in [-0.39, 0.29) is 17.8 Å². The van der Waals surface area contributed by atoms with Crippen LogP contribution in [0.25, 0.3) is 0 Å². The summed E-state index contributed by atoms with van der Waals surface area (Å²) in [5.41, 5.74) is 11.1. The molecule has 4 aromatic heterocycles. The zero-order valence-electron chi connectivity index (χ0n) is 25.3. The summed E-state index contributed by atoms with van der Waals surface area (Å²) in [6, 6.07) is 46.4. The quantitative estimate of drug-likeness (QED) is 0.132. The molecular formula is C40H29N7. The number of nitriles is 3. The predicted octanol–water partition coefficient (Wildman–Crippen LogP) is 8.15. The molecule has 0 bridgehead atoms. The van der Waals surface area contributed by atoms with Crippen molar-refractivity contribution in [3.63, 3.8) is 0 Å². The summed E-state index contributed by atoms with van der Waals surface area (Å²) in [4.78, 5) is 14.3. The summed E-state index contributed by atoms with van der Waals surface area (Å²) in [6.07, 6.45) is 3.84. The van der Waals surface area contributed by atoms with Crippen LogP contribution in [-0.4, -0.2) is 19.9 Å². The summed E-state index contributed by atoms with van der Waals surface area (Å²) in [5.74, 6) is -0.373. The molecule has 0 saturated heterocycles. The molecule has 3 aromatic carbocycles. The zero-order chi connectivity index (χ0) is 32.2. The molecule has 2 unspecified atom stereocenters. The molecule has 0 saturated carbocycles. The normalized spacial score (nSPS) is 12.8. The van der Waals surface area contributed by atoms with Crippen molar-refractivity contribution in [2.24, 2.45) is 0 Å². The summed E-state index contributed by atoms with van der Waals surface area (Å²) < 4.78 is 0. The lowest BCUT2D eigenvalue weighted by atomic mass is 9.92. The average molecular weight is 608 g/mol. The van der Waals surface area contributed by atoms with Gasteiger partial charge in [-0.3, -0.25) is 0 Å². The van der Waals surface area contributed by atoms with Crippen LogP contribution in [0.1, 0.15) is 85.3 Å². The lowest BCUT2D eigenvalue weighted by Crippen LogP contribution is -2.09. The first-order valence-corrected chi connectivity index (χ1v) is 15.3. The van der Waals surface area contributed by atoms with Gasteiger partial charge in [-0.1, -0.05) is 36.4 Å². The van der Waals surface area contributed by atoms with Gasteiger partial charge in [-0.15, -0.1) is 0 Å². The monoisotopic (exact) mass is 607 g/mol. The van der Waals surface area contributed by atoms with E-state index in [2.05, 4.69) is 74.5 Å². The van der Waals surface area contributed by atoms with Crippen LogP contribution < -0.4 is 0 Å². The highest BCUT2D eigenvalue weighted by atomic mass is 14.8. The van der Waals surface area contributed by atoms with Crippen LogP contribution in [0, 0.1) is 34.0 Å². The highest BCUT2D eigenvalue weighted by molar-refractivity contribution is 5.48. The number of benzene rings is 3. The third-order valence-electron chi connectivity index (χ3n) is 8.69. The molecule has 7 heteroatoms. The molecule has 0 aliphatic heterocycles. The molecule has 47 heavy (non-hydrogen) atoms. The van der Waals surface area contributed by atoms with Crippen LogP contribution in [0.15, 0.2) is 134 Å². The van der Waals surface area contributed by atoms with Gasteiger partial charge in [0.1, 0.15) is 0 Å². The maximum absolute atomic E-state index is 9.49. The van der Waals surface area contributed by atoms with Crippen molar-refractivity contribution in [2.45, 2.75) is 17.8 Å². The highest BCUT2D eigenvalue weighted by Crippen LogP contribution is 2.38. The van der Waals surface area contributed by atoms with E-state index in [0.29, 0.717) is 16.7 Å². The first-order chi connectivity index (χ1) is 23.1. The van der Waals surface area contributed by atoms with Crippen LogP contribution in [0.4, 0.5) is 0 Å². The van der Waals surface area contributed by atoms with Crippen LogP contribution in [0.2, 0.25) is 0 Å². The second-order valence-electron chi connectivity index (χ2n) is 11.5. The summed E-state index contributed by atoms with van der Waals surface area (Å²) >= 11 is 0. The number of rotatable bonds is 9. The van der Waals surface area contributed by atoms with Gasteiger partial charge in [-0.05, 0) is 102 Å². The Morgan fingerprint density at radius 3 is 0.915 bits per heavy atom. The Kier molecular flexibility index (Phi) is 7.83. The largest absolute Gasteiger partial charge is 0.364 e. The van der Waals surface area contributed by atoms with Gasteiger partial charge in [0.2, 0.25) is 0 Å². The first kappa shape index (κ1) is 29.0. The molecule has 7 rings (SSSR count). The Morgan fingerprint density at radius 1 is 0.362 bits per heavy atom. The molecular weight excluding hydrogens is 578 g/mol. The Balaban J connectivity index is 1.32. The minimum atomic E-state index is -0.180. The van der Waals surface area contributed by atoms with E-state index in [1.807, 2.05) is 97.3 Å². The average Bonchev–Trinajstić information content (AvgIpc) is 3.97. The SMILES string of the molecule is N#Cc1ccc(C(c2ccc[nH]2)c2ccc(C(c3ccc(C#N)cc3)c3ccc(C(c4ccc(C#N)cc4)c4ccc[nH]4)[nH]3)[nH]2)cc1. The van der Waals surface area contributed by atoms with Crippen molar-refractivity contribution in [3.05, 3.63) is 201 Å². The third-order valence-corrected chi connectivity index (χ3v) is 8.69. The zero-order valence-corrected chi connectivity index (χ0v) is 25.3. The van der Waals surface area contributed by atoms with Gasteiger partial charge in [0, 0.05) is 46.6 Å². The number of aromatic amines is 4. The van der Waals surface area contributed by atoms with Gasteiger partial charge in [0.05, 0.1) is 52.7 Å². The van der Waals surface area contributed by atoms with Gasteiger partial charge in [0.25, 0.3) is 0 Å². The molecule has 7 aromatic rings. The van der Waals surface area contributed by atoms with Gasteiger partial charge in [-0.2, -0.15) is 15.8 Å². The van der Waals surface area contributed by atoms with E-state index < -0.39 is 0 Å². The Morgan fingerprint density at radius 2 is 0.660 bits per heavy atom. The fourth-order valence-corrected chi connectivity index (χ4v) is 6.41. The summed E-state index contributed by atoms with van der Waals surface area (Å²) in [7, 11) is 0. The van der Waals surface area contributed by atoms with Crippen molar-refractivity contribution in [2.75, 3.05) is 0 Å². The number of hydrogen-bond donors (Lipinski definition) is 4. The molecule has 7 nitrogen and oxygen atoms in total. The van der Waals surface area contributed by atoms with Crippen LogP contribution in [0.3, 0.4) is 0 Å². The lowest BCUT2D eigenvalue weighted by Gasteiger charge is -2.19. The van der Waals surface area contributed by atoms with E-state index in [4.69, 9.17) is 0 Å². The van der Waals surface area contributed by atoms with Crippen molar-refractivity contribution >= 4 is 0 Å². The van der Waals surface area contributed by atoms with Crippen LogP contribution in [-0.2, 0) is 0 Å². The van der Waals surface area contributed by atoms with Crippen molar-refractivity contribution < 1.29 is 0 Å². The van der Waals surface area contributed by atoms with Gasteiger partial charge < -0.3 is 19.9 Å². The highest BCUT2D eigenvalue weighted by Gasteiger charge is 2.26. The van der Waals surface area contributed by atoms with Crippen LogP contribution >= 0.6 is 0 Å². The number of nitrogens with zero attached hydrogens (tertiary/aromatic N) is 3. The van der Waals surface area contributed by atoms with Crippen molar-refractivity contribution in [3.8, 4) is 18.2 Å². The Bertz CT molecular complexity index is 2080. The van der Waals surface area contributed by atoms with E-state index in [9.17, 15) is 15.8 Å².